The molecule has 0 amide bonds. The molecule has 1 aliphatic heterocycles. The molecule has 1 aliphatic rings. The molecule has 0 atom stereocenters. The van der Waals surface area contributed by atoms with Crippen LogP contribution in [0.15, 0.2) is 60.8 Å². The Morgan fingerprint density at radius 3 is 2.42 bits per heavy atom. The first kappa shape index (κ1) is 27.5. The zero-order valence-electron chi connectivity index (χ0n) is 23.2. The molecule has 7 heteroatoms. The zero-order chi connectivity index (χ0) is 27.1. The average Bonchev–Trinajstić information content (AvgIpc) is 3.33. The van der Waals surface area contributed by atoms with Crippen molar-refractivity contribution in [2.45, 2.75) is 66.0 Å². The minimum atomic E-state index is 0.342. The normalized spacial score (nSPS) is 14.9. The molecule has 1 fully saturated rings. The highest BCUT2D eigenvalue weighted by molar-refractivity contribution is 5.84. The summed E-state index contributed by atoms with van der Waals surface area (Å²) in [6.07, 6.45) is 8.04. The van der Waals surface area contributed by atoms with E-state index in [0.29, 0.717) is 11.9 Å². The number of nitrogen functional groups attached to an aromatic ring is 1. The molecule has 4 heterocycles. The highest BCUT2D eigenvalue weighted by atomic mass is 15.1. The van der Waals surface area contributed by atoms with Crippen LogP contribution in [0.5, 0.6) is 0 Å². The summed E-state index contributed by atoms with van der Waals surface area (Å²) < 4.78 is 2.11. The molecule has 7 nitrogen and oxygen atoms in total. The number of nitrogens with two attached hydrogens (primary N) is 2. The van der Waals surface area contributed by atoms with Gasteiger partial charge in [-0.2, -0.15) is 0 Å². The molecule has 1 saturated heterocycles. The molecule has 5 rings (SSSR count). The Balaban J connectivity index is 0.00000164. The Kier molecular flexibility index (Phi) is 9.26. The molecule has 0 radical (unpaired) electrons. The van der Waals surface area contributed by atoms with Crippen LogP contribution in [0.3, 0.4) is 0 Å². The van der Waals surface area contributed by atoms with Gasteiger partial charge in [-0.25, -0.2) is 15.0 Å². The fraction of sp³-hybridized carbons (Fsp3) is 0.387. The second kappa shape index (κ2) is 12.8. The van der Waals surface area contributed by atoms with Crippen molar-refractivity contribution in [2.75, 3.05) is 18.8 Å². The molecule has 38 heavy (non-hydrogen) atoms. The number of pyridine rings is 2. The largest absolute Gasteiger partial charge is 0.383 e. The number of allylic oxidation sites excluding steroid dienone is 2. The first-order valence-electron chi connectivity index (χ1n) is 13.9. The molecule has 3 aromatic heterocycles. The molecule has 0 bridgehead atoms. The molecule has 4 N–H and O–H groups in total. The van der Waals surface area contributed by atoms with E-state index in [9.17, 15) is 0 Å². The fourth-order valence-electron chi connectivity index (χ4n) is 4.98. The predicted octanol–water partition coefficient (Wildman–Crippen LogP) is 6.22. The van der Waals surface area contributed by atoms with E-state index in [2.05, 4.69) is 70.8 Å². The Morgan fingerprint density at radius 2 is 1.76 bits per heavy atom. The van der Waals surface area contributed by atoms with Gasteiger partial charge in [-0.3, -0.25) is 9.47 Å². The molecule has 0 aliphatic carbocycles. The van der Waals surface area contributed by atoms with Gasteiger partial charge in [0, 0.05) is 24.5 Å². The van der Waals surface area contributed by atoms with Crippen molar-refractivity contribution in [3.63, 3.8) is 0 Å². The lowest BCUT2D eigenvalue weighted by atomic mass is 10.1. The SMILES string of the molecule is C/C=C(\CCC)c1ccc2nc(-c3cccnc3N)n(-c3ccc(CN4CCC(N)CC4)cc3)c2n1.CC. The lowest BCUT2D eigenvalue weighted by Crippen LogP contribution is -2.39. The molecular weight excluding hydrogens is 470 g/mol. The summed E-state index contributed by atoms with van der Waals surface area (Å²) in [7, 11) is 0. The van der Waals surface area contributed by atoms with Crippen LogP contribution in [0.2, 0.25) is 0 Å². The third-order valence-electron chi connectivity index (χ3n) is 7.01. The lowest BCUT2D eigenvalue weighted by molar-refractivity contribution is 0.205. The summed E-state index contributed by atoms with van der Waals surface area (Å²) in [6, 6.07) is 17.0. The van der Waals surface area contributed by atoms with E-state index in [4.69, 9.17) is 21.4 Å². The van der Waals surface area contributed by atoms with Crippen LogP contribution in [-0.2, 0) is 6.54 Å². The van der Waals surface area contributed by atoms with Crippen LogP contribution in [0.25, 0.3) is 33.8 Å². The molecule has 0 unspecified atom stereocenters. The summed E-state index contributed by atoms with van der Waals surface area (Å²) in [5, 5.41) is 0. The van der Waals surface area contributed by atoms with Gasteiger partial charge < -0.3 is 11.5 Å². The topological polar surface area (TPSA) is 98.9 Å². The van der Waals surface area contributed by atoms with Gasteiger partial charge in [-0.15, -0.1) is 0 Å². The Hall–Kier alpha value is -3.55. The van der Waals surface area contributed by atoms with Crippen molar-refractivity contribution in [3.05, 3.63) is 72.1 Å². The number of likely N-dealkylation sites (tertiary alicyclic amines) is 1. The van der Waals surface area contributed by atoms with Crippen LogP contribution < -0.4 is 11.5 Å². The van der Waals surface area contributed by atoms with Gasteiger partial charge in [0.15, 0.2) is 11.5 Å². The lowest BCUT2D eigenvalue weighted by Gasteiger charge is -2.30. The molecule has 200 valence electrons. The summed E-state index contributed by atoms with van der Waals surface area (Å²) in [5.41, 5.74) is 19.3. The van der Waals surface area contributed by atoms with E-state index in [1.807, 2.05) is 26.0 Å². The third-order valence-corrected chi connectivity index (χ3v) is 7.01. The van der Waals surface area contributed by atoms with E-state index >= 15 is 0 Å². The van der Waals surface area contributed by atoms with E-state index in [1.54, 1.807) is 6.20 Å². The van der Waals surface area contributed by atoms with Gasteiger partial charge in [0.05, 0.1) is 11.3 Å². The number of nitrogens with zero attached hydrogens (tertiary/aromatic N) is 5. The number of rotatable bonds is 7. The molecular formula is C31H41N7. The van der Waals surface area contributed by atoms with Gasteiger partial charge >= 0.3 is 0 Å². The van der Waals surface area contributed by atoms with Crippen molar-refractivity contribution >= 4 is 22.6 Å². The second-order valence-electron chi connectivity index (χ2n) is 9.59. The molecule has 0 spiro atoms. The van der Waals surface area contributed by atoms with E-state index in [1.165, 1.54) is 11.1 Å². The smallest absolute Gasteiger partial charge is 0.165 e. The molecule has 1 aromatic carbocycles. The monoisotopic (exact) mass is 511 g/mol. The van der Waals surface area contributed by atoms with Gasteiger partial charge in [0.1, 0.15) is 11.3 Å². The first-order valence-corrected chi connectivity index (χ1v) is 13.9. The maximum Gasteiger partial charge on any atom is 0.165 e. The Morgan fingerprint density at radius 1 is 1.03 bits per heavy atom. The summed E-state index contributed by atoms with van der Waals surface area (Å²) in [4.78, 5) is 16.8. The van der Waals surface area contributed by atoms with Gasteiger partial charge in [-0.1, -0.05) is 45.4 Å². The maximum atomic E-state index is 6.29. The highest BCUT2D eigenvalue weighted by Gasteiger charge is 2.20. The second-order valence-corrected chi connectivity index (χ2v) is 9.59. The third kappa shape index (κ3) is 5.95. The van der Waals surface area contributed by atoms with Crippen molar-refractivity contribution < 1.29 is 0 Å². The van der Waals surface area contributed by atoms with Gasteiger partial charge in [-0.05, 0) is 86.8 Å². The standard InChI is InChI=1S/C29H35N7.C2H6/c1-3-6-21(4-2)25-12-13-26-29(33-25)36(28(34-26)24-7-5-16-32-27(24)31)23-10-8-20(9-11-23)19-35-17-14-22(30)15-18-35;1-2/h4-5,7-13,16,22H,3,6,14-15,17-19,30H2,1-2H3,(H2,31,32);1-2H3/b21-4+;. The summed E-state index contributed by atoms with van der Waals surface area (Å²) in [5.74, 6) is 1.20. The number of anilines is 1. The van der Waals surface area contributed by atoms with Crippen LogP contribution in [0.4, 0.5) is 5.82 Å². The van der Waals surface area contributed by atoms with Crippen molar-refractivity contribution in [1.29, 1.82) is 0 Å². The predicted molar refractivity (Wildman–Crippen MR) is 159 cm³/mol. The molecule has 4 aromatic rings. The van der Waals surface area contributed by atoms with E-state index in [-0.39, 0.29) is 0 Å². The number of hydrogen-bond donors (Lipinski definition) is 2. The number of benzene rings is 1. The number of aromatic nitrogens is 4. The quantitative estimate of drug-likeness (QED) is 0.306. The van der Waals surface area contributed by atoms with Crippen LogP contribution in [0, 0.1) is 0 Å². The van der Waals surface area contributed by atoms with Gasteiger partial charge in [0.2, 0.25) is 0 Å². The minimum Gasteiger partial charge on any atom is -0.383 e. The van der Waals surface area contributed by atoms with Crippen molar-refractivity contribution in [2.24, 2.45) is 5.73 Å². The maximum absolute atomic E-state index is 6.29. The van der Waals surface area contributed by atoms with Crippen molar-refractivity contribution in [1.82, 2.24) is 24.4 Å². The van der Waals surface area contributed by atoms with Crippen LogP contribution in [-0.4, -0.2) is 43.6 Å². The first-order chi connectivity index (χ1) is 18.6. The van der Waals surface area contributed by atoms with E-state index < -0.39 is 0 Å². The number of fused-ring (bicyclic) bond motifs is 1. The van der Waals surface area contributed by atoms with Gasteiger partial charge in [0.25, 0.3) is 0 Å². The summed E-state index contributed by atoms with van der Waals surface area (Å²) >= 11 is 0. The Labute approximate surface area is 226 Å². The zero-order valence-corrected chi connectivity index (χ0v) is 23.2. The van der Waals surface area contributed by atoms with Crippen LogP contribution in [0.1, 0.15) is 64.6 Å². The van der Waals surface area contributed by atoms with Crippen molar-refractivity contribution in [3.8, 4) is 17.1 Å². The Bertz CT molecular complexity index is 1360. The van der Waals surface area contributed by atoms with Crippen LogP contribution >= 0.6 is 0 Å². The highest BCUT2D eigenvalue weighted by Crippen LogP contribution is 2.31. The number of hydrogen-bond acceptors (Lipinski definition) is 6. The fourth-order valence-corrected chi connectivity index (χ4v) is 4.98. The number of imidazole rings is 1. The molecule has 0 saturated carbocycles. The minimum absolute atomic E-state index is 0.342. The number of piperidine rings is 1. The van der Waals surface area contributed by atoms with E-state index in [0.717, 1.165) is 79.3 Å². The summed E-state index contributed by atoms with van der Waals surface area (Å²) in [6.45, 7) is 11.3. The average molecular weight is 512 g/mol.